The van der Waals surface area contributed by atoms with Gasteiger partial charge in [0.15, 0.2) is 9.76 Å². The van der Waals surface area contributed by atoms with E-state index in [0.29, 0.717) is 6.10 Å². The Balaban J connectivity index is 2.64. The second-order valence-electron chi connectivity index (χ2n) is 3.17. The van der Waals surface area contributed by atoms with Gasteiger partial charge in [0, 0.05) is 11.3 Å². The average Bonchev–Trinajstić information content (AvgIpc) is 2.15. The zero-order valence-corrected chi connectivity index (χ0v) is 9.82. The molecule has 0 aliphatic heterocycles. The van der Waals surface area contributed by atoms with Gasteiger partial charge in [-0.3, -0.25) is 0 Å². The van der Waals surface area contributed by atoms with E-state index >= 15 is 0 Å². The molecule has 0 saturated carbocycles. The van der Waals surface area contributed by atoms with Crippen LogP contribution in [0.4, 0.5) is 0 Å². The predicted molar refractivity (Wildman–Crippen MR) is 57.4 cm³/mol. The fourth-order valence-electron chi connectivity index (χ4n) is 1.08. The maximum atomic E-state index is 5.63. The third-order valence-corrected chi connectivity index (χ3v) is 3.49. The Labute approximate surface area is 81.8 Å². The Morgan fingerprint density at radius 1 is 1.23 bits per heavy atom. The number of methoxy groups -OCH3 is 1. The standard InChI is InChI=1S/C10H16O2Si/c1-8(2)12-13-10-7-5-4-6-9(10)11-3/h4-8H,13H2,1-3H3. The van der Waals surface area contributed by atoms with Crippen LogP contribution in [0.5, 0.6) is 5.75 Å². The minimum absolute atomic E-state index is 0.316. The molecule has 3 heteroatoms. The molecule has 72 valence electrons. The summed E-state index contributed by atoms with van der Waals surface area (Å²) in [6.07, 6.45) is 0.316. The fraction of sp³-hybridized carbons (Fsp3) is 0.400. The van der Waals surface area contributed by atoms with E-state index in [9.17, 15) is 0 Å². The molecule has 13 heavy (non-hydrogen) atoms. The van der Waals surface area contributed by atoms with Crippen LogP contribution in [0.25, 0.3) is 0 Å². The molecule has 0 atom stereocenters. The van der Waals surface area contributed by atoms with Crippen LogP contribution in [0.15, 0.2) is 24.3 Å². The topological polar surface area (TPSA) is 18.5 Å². The summed E-state index contributed by atoms with van der Waals surface area (Å²) >= 11 is 0. The molecule has 2 nitrogen and oxygen atoms in total. The lowest BCUT2D eigenvalue weighted by molar-refractivity contribution is 0.260. The van der Waals surface area contributed by atoms with Crippen LogP contribution in [-0.4, -0.2) is 23.0 Å². The highest BCUT2D eigenvalue weighted by atomic mass is 28.2. The van der Waals surface area contributed by atoms with Gasteiger partial charge in [-0.05, 0) is 19.9 Å². The highest BCUT2D eigenvalue weighted by Crippen LogP contribution is 2.04. The number of ether oxygens (including phenoxy) is 1. The normalized spacial score (nSPS) is 11.4. The molecule has 0 unspecified atom stereocenters. The maximum Gasteiger partial charge on any atom is 0.196 e. The number of para-hydroxylation sites is 1. The molecule has 0 heterocycles. The van der Waals surface area contributed by atoms with Crippen molar-refractivity contribution in [3.63, 3.8) is 0 Å². The first-order valence-electron chi connectivity index (χ1n) is 4.47. The Kier molecular flexibility index (Phi) is 3.99. The molecule has 0 aliphatic rings. The minimum atomic E-state index is -0.624. The molecular formula is C10H16O2Si. The third-order valence-electron chi connectivity index (χ3n) is 1.76. The van der Waals surface area contributed by atoms with Crippen molar-refractivity contribution in [1.82, 2.24) is 0 Å². The molecule has 0 aromatic heterocycles. The molecule has 0 spiro atoms. The van der Waals surface area contributed by atoms with Crippen molar-refractivity contribution in [2.45, 2.75) is 20.0 Å². The Bertz CT molecular complexity index is 261. The summed E-state index contributed by atoms with van der Waals surface area (Å²) in [5.74, 6) is 0.954. The van der Waals surface area contributed by atoms with E-state index in [0.717, 1.165) is 5.75 Å². The Morgan fingerprint density at radius 3 is 2.54 bits per heavy atom. The molecule has 0 radical (unpaired) electrons. The highest BCUT2D eigenvalue weighted by molar-refractivity contribution is 6.48. The molecule has 1 rings (SSSR count). The van der Waals surface area contributed by atoms with Crippen molar-refractivity contribution in [3.05, 3.63) is 24.3 Å². The van der Waals surface area contributed by atoms with Crippen LogP contribution in [-0.2, 0) is 4.43 Å². The largest absolute Gasteiger partial charge is 0.497 e. The lowest BCUT2D eigenvalue weighted by atomic mass is 10.3. The lowest BCUT2D eigenvalue weighted by Crippen LogP contribution is -2.22. The van der Waals surface area contributed by atoms with Crippen molar-refractivity contribution in [2.24, 2.45) is 0 Å². The molecule has 0 fully saturated rings. The van der Waals surface area contributed by atoms with Gasteiger partial charge in [0.05, 0.1) is 7.11 Å². The van der Waals surface area contributed by atoms with Crippen molar-refractivity contribution in [3.8, 4) is 5.75 Å². The molecule has 1 aromatic rings. The van der Waals surface area contributed by atoms with Gasteiger partial charge >= 0.3 is 0 Å². The molecule has 0 saturated heterocycles. The van der Waals surface area contributed by atoms with Crippen LogP contribution in [0.3, 0.4) is 0 Å². The van der Waals surface area contributed by atoms with Crippen LogP contribution < -0.4 is 9.92 Å². The Hall–Kier alpha value is -0.803. The first-order chi connectivity index (χ1) is 6.24. The van der Waals surface area contributed by atoms with E-state index in [1.165, 1.54) is 5.19 Å². The summed E-state index contributed by atoms with van der Waals surface area (Å²) in [6, 6.07) is 8.06. The summed E-state index contributed by atoms with van der Waals surface area (Å²) in [5.41, 5.74) is 0. The van der Waals surface area contributed by atoms with Gasteiger partial charge < -0.3 is 9.16 Å². The molecule has 0 N–H and O–H groups in total. The number of hydrogen-bond acceptors (Lipinski definition) is 2. The summed E-state index contributed by atoms with van der Waals surface area (Å²) in [4.78, 5) is 0. The smallest absolute Gasteiger partial charge is 0.196 e. The van der Waals surface area contributed by atoms with Gasteiger partial charge in [-0.15, -0.1) is 0 Å². The second kappa shape index (κ2) is 5.04. The number of rotatable bonds is 4. The van der Waals surface area contributed by atoms with E-state index < -0.39 is 9.76 Å². The minimum Gasteiger partial charge on any atom is -0.497 e. The van der Waals surface area contributed by atoms with Crippen molar-refractivity contribution in [1.29, 1.82) is 0 Å². The molecule has 0 aliphatic carbocycles. The second-order valence-corrected chi connectivity index (χ2v) is 4.56. The monoisotopic (exact) mass is 196 g/mol. The highest BCUT2D eigenvalue weighted by Gasteiger charge is 2.03. The van der Waals surface area contributed by atoms with Gasteiger partial charge in [0.1, 0.15) is 5.75 Å². The van der Waals surface area contributed by atoms with E-state index in [-0.39, 0.29) is 0 Å². The van der Waals surface area contributed by atoms with E-state index in [1.54, 1.807) is 7.11 Å². The van der Waals surface area contributed by atoms with Gasteiger partial charge in [-0.25, -0.2) is 0 Å². The van der Waals surface area contributed by atoms with Crippen LogP contribution in [0, 0.1) is 0 Å². The molecule has 0 bridgehead atoms. The quantitative estimate of drug-likeness (QED) is 0.664. The van der Waals surface area contributed by atoms with E-state index in [1.807, 2.05) is 18.2 Å². The molecule has 1 aromatic carbocycles. The molecule has 0 amide bonds. The average molecular weight is 196 g/mol. The first kappa shape index (κ1) is 10.3. The molecular weight excluding hydrogens is 180 g/mol. The zero-order chi connectivity index (χ0) is 9.68. The van der Waals surface area contributed by atoms with E-state index in [4.69, 9.17) is 9.16 Å². The lowest BCUT2D eigenvalue weighted by Gasteiger charge is -2.10. The van der Waals surface area contributed by atoms with Gasteiger partial charge in [-0.1, -0.05) is 18.2 Å². The van der Waals surface area contributed by atoms with Gasteiger partial charge in [0.25, 0.3) is 0 Å². The van der Waals surface area contributed by atoms with E-state index in [2.05, 4.69) is 19.9 Å². The van der Waals surface area contributed by atoms with Crippen molar-refractivity contribution < 1.29 is 9.16 Å². The van der Waals surface area contributed by atoms with Crippen molar-refractivity contribution in [2.75, 3.05) is 7.11 Å². The Morgan fingerprint density at radius 2 is 1.92 bits per heavy atom. The summed E-state index contributed by atoms with van der Waals surface area (Å²) in [5, 5.41) is 1.23. The summed E-state index contributed by atoms with van der Waals surface area (Å²) < 4.78 is 10.9. The predicted octanol–water partition coefficient (Wildman–Crippen LogP) is 0.829. The number of hydrogen-bond donors (Lipinski definition) is 0. The fourth-order valence-corrected chi connectivity index (χ4v) is 2.23. The SMILES string of the molecule is COc1ccccc1[SiH2]OC(C)C. The zero-order valence-electron chi connectivity index (χ0n) is 8.41. The first-order valence-corrected chi connectivity index (χ1v) is 5.76. The van der Waals surface area contributed by atoms with Crippen LogP contribution in [0.1, 0.15) is 13.8 Å². The maximum absolute atomic E-state index is 5.63. The van der Waals surface area contributed by atoms with Crippen LogP contribution in [0.2, 0.25) is 0 Å². The number of benzene rings is 1. The third kappa shape index (κ3) is 3.20. The van der Waals surface area contributed by atoms with Gasteiger partial charge in [-0.2, -0.15) is 0 Å². The van der Waals surface area contributed by atoms with Crippen molar-refractivity contribution >= 4 is 14.9 Å². The summed E-state index contributed by atoms with van der Waals surface area (Å²) in [7, 11) is 1.07. The van der Waals surface area contributed by atoms with Crippen LogP contribution >= 0.6 is 0 Å². The summed E-state index contributed by atoms with van der Waals surface area (Å²) in [6.45, 7) is 4.12. The van der Waals surface area contributed by atoms with Gasteiger partial charge in [0.2, 0.25) is 0 Å².